The maximum Gasteiger partial charge on any atom is 0.433 e. The minimum absolute atomic E-state index is 0.0730. The van der Waals surface area contributed by atoms with Crippen LogP contribution >= 0.6 is 0 Å². The van der Waals surface area contributed by atoms with Crippen LogP contribution in [0.15, 0.2) is 60.0 Å². The zero-order valence-electron chi connectivity index (χ0n) is 17.6. The van der Waals surface area contributed by atoms with Crippen molar-refractivity contribution in [2.45, 2.75) is 26.2 Å². The van der Waals surface area contributed by atoms with Crippen molar-refractivity contribution < 1.29 is 13.2 Å². The number of aliphatic imine (C=N–C) groups is 1. The SMILES string of the molecule is CCNC(=NCc1ccccc1Cn1cccn1)NCCNc1nccc(C(F)(F)F)n1. The number of nitrogens with zero attached hydrogens (tertiary/aromatic N) is 5. The molecule has 0 atom stereocenters. The molecule has 8 nitrogen and oxygen atoms in total. The van der Waals surface area contributed by atoms with Crippen LogP contribution in [-0.4, -0.2) is 45.3 Å². The average Bonchev–Trinajstić information content (AvgIpc) is 3.28. The Morgan fingerprint density at radius 1 is 1.03 bits per heavy atom. The zero-order valence-corrected chi connectivity index (χ0v) is 17.6. The van der Waals surface area contributed by atoms with E-state index in [1.165, 1.54) is 0 Å². The monoisotopic (exact) mass is 446 g/mol. The van der Waals surface area contributed by atoms with E-state index in [4.69, 9.17) is 0 Å². The first kappa shape index (κ1) is 23.0. The molecule has 0 aliphatic heterocycles. The molecule has 0 saturated carbocycles. The second-order valence-electron chi connectivity index (χ2n) is 6.78. The fraction of sp³-hybridized carbons (Fsp3) is 0.333. The summed E-state index contributed by atoms with van der Waals surface area (Å²) in [5.74, 6) is 0.532. The summed E-state index contributed by atoms with van der Waals surface area (Å²) in [6.45, 7) is 4.49. The topological polar surface area (TPSA) is 92.0 Å². The van der Waals surface area contributed by atoms with Crippen LogP contribution in [0.4, 0.5) is 19.1 Å². The first-order valence-electron chi connectivity index (χ1n) is 10.2. The van der Waals surface area contributed by atoms with Gasteiger partial charge in [-0.3, -0.25) is 4.68 Å². The van der Waals surface area contributed by atoms with Gasteiger partial charge >= 0.3 is 6.18 Å². The number of rotatable bonds is 9. The highest BCUT2D eigenvalue weighted by atomic mass is 19.4. The van der Waals surface area contributed by atoms with E-state index in [0.717, 1.165) is 23.4 Å². The molecule has 2 aromatic heterocycles. The smallest absolute Gasteiger partial charge is 0.357 e. The second-order valence-corrected chi connectivity index (χ2v) is 6.78. The molecule has 0 saturated heterocycles. The van der Waals surface area contributed by atoms with Gasteiger partial charge in [0.2, 0.25) is 5.95 Å². The third-order valence-corrected chi connectivity index (χ3v) is 4.41. The van der Waals surface area contributed by atoms with Crippen LogP contribution in [0.5, 0.6) is 0 Å². The highest BCUT2D eigenvalue weighted by Gasteiger charge is 2.32. The summed E-state index contributed by atoms with van der Waals surface area (Å²) in [4.78, 5) is 11.9. The summed E-state index contributed by atoms with van der Waals surface area (Å²) in [7, 11) is 0. The Balaban J connectivity index is 1.55. The van der Waals surface area contributed by atoms with Crippen molar-refractivity contribution in [3.05, 3.63) is 71.8 Å². The molecule has 32 heavy (non-hydrogen) atoms. The number of nitrogens with one attached hydrogen (secondary N) is 3. The molecule has 11 heteroatoms. The molecular weight excluding hydrogens is 421 g/mol. The number of halogens is 3. The Morgan fingerprint density at radius 3 is 2.56 bits per heavy atom. The Labute approximate surface area is 184 Å². The maximum absolute atomic E-state index is 12.7. The van der Waals surface area contributed by atoms with Gasteiger partial charge in [0, 0.05) is 38.2 Å². The molecule has 170 valence electrons. The molecule has 0 spiro atoms. The average molecular weight is 446 g/mol. The van der Waals surface area contributed by atoms with Crippen molar-refractivity contribution in [2.75, 3.05) is 25.0 Å². The van der Waals surface area contributed by atoms with Gasteiger partial charge in [0.25, 0.3) is 0 Å². The fourth-order valence-electron chi connectivity index (χ4n) is 2.90. The molecule has 3 rings (SSSR count). The van der Waals surface area contributed by atoms with E-state index in [1.807, 2.05) is 48.1 Å². The number of hydrogen-bond acceptors (Lipinski definition) is 5. The Hall–Kier alpha value is -3.63. The Morgan fingerprint density at radius 2 is 1.84 bits per heavy atom. The van der Waals surface area contributed by atoms with E-state index in [1.54, 1.807) is 6.20 Å². The van der Waals surface area contributed by atoms with Gasteiger partial charge in [0.1, 0.15) is 5.69 Å². The van der Waals surface area contributed by atoms with Crippen molar-refractivity contribution in [1.29, 1.82) is 0 Å². The molecule has 3 N–H and O–H groups in total. The van der Waals surface area contributed by atoms with Crippen LogP contribution in [0.1, 0.15) is 23.7 Å². The number of benzene rings is 1. The maximum atomic E-state index is 12.7. The summed E-state index contributed by atoms with van der Waals surface area (Å²) in [5, 5.41) is 13.3. The van der Waals surface area contributed by atoms with Crippen molar-refractivity contribution in [1.82, 2.24) is 30.4 Å². The van der Waals surface area contributed by atoms with Crippen molar-refractivity contribution >= 4 is 11.9 Å². The van der Waals surface area contributed by atoms with Gasteiger partial charge in [-0.15, -0.1) is 0 Å². The predicted molar refractivity (Wildman–Crippen MR) is 116 cm³/mol. The van der Waals surface area contributed by atoms with E-state index in [9.17, 15) is 13.2 Å². The Kier molecular flexibility index (Phi) is 8.01. The second kappa shape index (κ2) is 11.1. The lowest BCUT2D eigenvalue weighted by Gasteiger charge is -2.13. The first-order valence-corrected chi connectivity index (χ1v) is 10.2. The van der Waals surface area contributed by atoms with Gasteiger partial charge in [0.05, 0.1) is 13.1 Å². The summed E-state index contributed by atoms with van der Waals surface area (Å²) in [5.41, 5.74) is 1.22. The quantitative estimate of drug-likeness (QED) is 0.266. The standard InChI is InChI=1S/C21H25F3N8/c1-2-25-19(27-11-12-28-20-26-10-8-18(31-20)21(22,23)24)29-14-16-6-3-4-7-17(16)15-32-13-5-9-30-32/h3-10,13H,2,11-12,14-15H2,1H3,(H2,25,27,29)(H,26,28,31). The van der Waals surface area contributed by atoms with E-state index in [-0.39, 0.29) is 5.95 Å². The van der Waals surface area contributed by atoms with Gasteiger partial charge in [-0.1, -0.05) is 24.3 Å². The van der Waals surface area contributed by atoms with Crippen molar-refractivity contribution in [2.24, 2.45) is 4.99 Å². The number of guanidine groups is 1. The van der Waals surface area contributed by atoms with Crippen molar-refractivity contribution in [3.63, 3.8) is 0 Å². The minimum atomic E-state index is -4.50. The summed E-state index contributed by atoms with van der Waals surface area (Å²) < 4.78 is 40.1. The van der Waals surface area contributed by atoms with E-state index >= 15 is 0 Å². The van der Waals surface area contributed by atoms with Crippen LogP contribution < -0.4 is 16.0 Å². The van der Waals surface area contributed by atoms with Crippen molar-refractivity contribution in [3.8, 4) is 0 Å². The lowest BCUT2D eigenvalue weighted by molar-refractivity contribution is -0.141. The fourth-order valence-corrected chi connectivity index (χ4v) is 2.90. The molecule has 0 aliphatic carbocycles. The molecule has 0 unspecified atom stereocenters. The van der Waals surface area contributed by atoms with Crippen LogP contribution in [0.25, 0.3) is 0 Å². The third kappa shape index (κ3) is 6.96. The largest absolute Gasteiger partial charge is 0.433 e. The summed E-state index contributed by atoms with van der Waals surface area (Å²) in [6.07, 6.45) is 0.229. The van der Waals surface area contributed by atoms with Crippen LogP contribution in [0.2, 0.25) is 0 Å². The molecular formula is C21H25F3N8. The highest BCUT2D eigenvalue weighted by Crippen LogP contribution is 2.27. The molecule has 2 heterocycles. The highest BCUT2D eigenvalue weighted by molar-refractivity contribution is 5.79. The number of aromatic nitrogens is 4. The van der Waals surface area contributed by atoms with Crippen LogP contribution in [0.3, 0.4) is 0 Å². The van der Waals surface area contributed by atoms with Crippen LogP contribution in [-0.2, 0) is 19.3 Å². The third-order valence-electron chi connectivity index (χ3n) is 4.41. The van der Waals surface area contributed by atoms with Gasteiger partial charge < -0.3 is 16.0 Å². The number of hydrogen-bond donors (Lipinski definition) is 3. The molecule has 0 bridgehead atoms. The molecule has 0 amide bonds. The molecule has 3 aromatic rings. The summed E-state index contributed by atoms with van der Waals surface area (Å²) >= 11 is 0. The van der Waals surface area contributed by atoms with E-state index < -0.39 is 11.9 Å². The van der Waals surface area contributed by atoms with Gasteiger partial charge in [-0.2, -0.15) is 18.3 Å². The van der Waals surface area contributed by atoms with Gasteiger partial charge in [-0.25, -0.2) is 15.0 Å². The van der Waals surface area contributed by atoms with E-state index in [2.05, 4.69) is 36.0 Å². The van der Waals surface area contributed by atoms with E-state index in [0.29, 0.717) is 38.7 Å². The van der Waals surface area contributed by atoms with Gasteiger partial charge in [-0.05, 0) is 30.2 Å². The molecule has 0 aliphatic rings. The Bertz CT molecular complexity index is 1000. The normalized spacial score (nSPS) is 11.9. The predicted octanol–water partition coefficient (Wildman–Crippen LogP) is 2.91. The number of alkyl halides is 3. The zero-order chi connectivity index (χ0) is 22.8. The van der Waals surface area contributed by atoms with Crippen LogP contribution in [0, 0.1) is 0 Å². The lowest BCUT2D eigenvalue weighted by Crippen LogP contribution is -2.39. The van der Waals surface area contributed by atoms with Gasteiger partial charge in [0.15, 0.2) is 5.96 Å². The lowest BCUT2D eigenvalue weighted by atomic mass is 10.1. The minimum Gasteiger partial charge on any atom is -0.357 e. The molecule has 1 aromatic carbocycles. The first-order chi connectivity index (χ1) is 15.5. The summed E-state index contributed by atoms with van der Waals surface area (Å²) in [6, 6.07) is 10.7. The molecule has 0 fully saturated rings. The molecule has 0 radical (unpaired) electrons. The number of anilines is 1.